The van der Waals surface area contributed by atoms with E-state index < -0.39 is 0 Å². The molecule has 0 N–H and O–H groups in total. The van der Waals surface area contributed by atoms with Crippen LogP contribution in [0.2, 0.25) is 0 Å². The quantitative estimate of drug-likeness (QED) is 0.673. The molecule has 0 spiro atoms. The SMILES string of the molecule is CCCc1ccc2c(c1)CCC2=O. The van der Waals surface area contributed by atoms with Gasteiger partial charge in [-0.2, -0.15) is 0 Å². The third kappa shape index (κ3) is 1.51. The van der Waals surface area contributed by atoms with Crippen molar-refractivity contribution in [3.63, 3.8) is 0 Å². The highest BCUT2D eigenvalue weighted by atomic mass is 16.1. The summed E-state index contributed by atoms with van der Waals surface area (Å²) in [4.78, 5) is 11.3. The van der Waals surface area contributed by atoms with Gasteiger partial charge in [0.25, 0.3) is 0 Å². The predicted octanol–water partition coefficient (Wildman–Crippen LogP) is 2.77. The van der Waals surface area contributed by atoms with Crippen LogP contribution >= 0.6 is 0 Å². The molecule has 13 heavy (non-hydrogen) atoms. The number of hydrogen-bond acceptors (Lipinski definition) is 1. The summed E-state index contributed by atoms with van der Waals surface area (Å²) in [5, 5.41) is 0. The van der Waals surface area contributed by atoms with Crippen LogP contribution in [0.25, 0.3) is 0 Å². The summed E-state index contributed by atoms with van der Waals surface area (Å²) < 4.78 is 0. The van der Waals surface area contributed by atoms with E-state index in [1.165, 1.54) is 17.5 Å². The molecule has 0 amide bonds. The topological polar surface area (TPSA) is 17.1 Å². The fraction of sp³-hybridized carbons (Fsp3) is 0.417. The number of aryl methyl sites for hydroxylation is 2. The normalized spacial score (nSPS) is 14.7. The zero-order valence-corrected chi connectivity index (χ0v) is 7.97. The Labute approximate surface area is 78.8 Å². The maximum absolute atomic E-state index is 11.3. The molecule has 1 aromatic rings. The van der Waals surface area contributed by atoms with E-state index in [-0.39, 0.29) is 0 Å². The molecule has 1 heteroatoms. The van der Waals surface area contributed by atoms with E-state index in [1.807, 2.05) is 6.07 Å². The summed E-state index contributed by atoms with van der Waals surface area (Å²) in [5.74, 6) is 0.318. The second kappa shape index (κ2) is 3.33. The lowest BCUT2D eigenvalue weighted by atomic mass is 10.0. The van der Waals surface area contributed by atoms with Crippen LogP contribution in [-0.2, 0) is 12.8 Å². The summed E-state index contributed by atoms with van der Waals surface area (Å²) in [6, 6.07) is 6.28. The van der Waals surface area contributed by atoms with Crippen molar-refractivity contribution in [2.45, 2.75) is 32.6 Å². The van der Waals surface area contributed by atoms with Crippen LogP contribution in [-0.4, -0.2) is 5.78 Å². The highest BCUT2D eigenvalue weighted by molar-refractivity contribution is 6.00. The van der Waals surface area contributed by atoms with Gasteiger partial charge >= 0.3 is 0 Å². The maximum atomic E-state index is 11.3. The lowest BCUT2D eigenvalue weighted by Gasteiger charge is -2.01. The monoisotopic (exact) mass is 174 g/mol. The van der Waals surface area contributed by atoms with Gasteiger partial charge in [0.1, 0.15) is 0 Å². The zero-order chi connectivity index (χ0) is 9.26. The number of hydrogen-bond donors (Lipinski definition) is 0. The predicted molar refractivity (Wildman–Crippen MR) is 53.1 cm³/mol. The van der Waals surface area contributed by atoms with Crippen molar-refractivity contribution in [1.82, 2.24) is 0 Å². The molecule has 0 aliphatic heterocycles. The van der Waals surface area contributed by atoms with Crippen molar-refractivity contribution in [3.8, 4) is 0 Å². The molecule has 1 aliphatic rings. The summed E-state index contributed by atoms with van der Waals surface area (Å²) in [7, 11) is 0. The smallest absolute Gasteiger partial charge is 0.163 e. The molecule has 2 rings (SSSR count). The Morgan fingerprint density at radius 1 is 1.31 bits per heavy atom. The van der Waals surface area contributed by atoms with Gasteiger partial charge in [-0.05, 0) is 24.0 Å². The first kappa shape index (κ1) is 8.49. The highest BCUT2D eigenvalue weighted by Crippen LogP contribution is 2.23. The zero-order valence-electron chi connectivity index (χ0n) is 7.97. The Bertz CT molecular complexity index is 339. The van der Waals surface area contributed by atoms with Gasteiger partial charge < -0.3 is 0 Å². The molecule has 0 aromatic heterocycles. The lowest BCUT2D eigenvalue weighted by Crippen LogP contribution is -1.92. The van der Waals surface area contributed by atoms with Gasteiger partial charge in [0, 0.05) is 12.0 Å². The first-order valence-corrected chi connectivity index (χ1v) is 4.96. The van der Waals surface area contributed by atoms with Gasteiger partial charge in [-0.3, -0.25) is 4.79 Å². The second-order valence-corrected chi connectivity index (χ2v) is 3.66. The van der Waals surface area contributed by atoms with Gasteiger partial charge in [0.15, 0.2) is 5.78 Å². The van der Waals surface area contributed by atoms with Gasteiger partial charge in [-0.1, -0.05) is 31.5 Å². The molecule has 0 radical (unpaired) electrons. The fourth-order valence-corrected chi connectivity index (χ4v) is 1.95. The number of fused-ring (bicyclic) bond motifs is 1. The highest BCUT2D eigenvalue weighted by Gasteiger charge is 2.18. The van der Waals surface area contributed by atoms with E-state index in [9.17, 15) is 4.79 Å². The fourth-order valence-electron chi connectivity index (χ4n) is 1.95. The third-order valence-electron chi connectivity index (χ3n) is 2.63. The van der Waals surface area contributed by atoms with Crippen molar-refractivity contribution in [3.05, 3.63) is 34.9 Å². The summed E-state index contributed by atoms with van der Waals surface area (Å²) in [6.07, 6.45) is 3.96. The van der Waals surface area contributed by atoms with Gasteiger partial charge in [0.2, 0.25) is 0 Å². The van der Waals surface area contributed by atoms with Gasteiger partial charge in [-0.15, -0.1) is 0 Å². The Morgan fingerprint density at radius 3 is 2.92 bits per heavy atom. The van der Waals surface area contributed by atoms with E-state index in [0.717, 1.165) is 18.4 Å². The van der Waals surface area contributed by atoms with E-state index in [0.29, 0.717) is 12.2 Å². The maximum Gasteiger partial charge on any atom is 0.163 e. The molecule has 0 saturated heterocycles. The number of ketones is 1. The average molecular weight is 174 g/mol. The van der Waals surface area contributed by atoms with Crippen molar-refractivity contribution >= 4 is 5.78 Å². The lowest BCUT2D eigenvalue weighted by molar-refractivity contribution is 0.0994. The minimum Gasteiger partial charge on any atom is -0.294 e. The van der Waals surface area contributed by atoms with Crippen LogP contribution in [0, 0.1) is 0 Å². The molecule has 0 atom stereocenters. The van der Waals surface area contributed by atoms with E-state index >= 15 is 0 Å². The third-order valence-corrected chi connectivity index (χ3v) is 2.63. The molecule has 68 valence electrons. The Morgan fingerprint density at radius 2 is 2.15 bits per heavy atom. The van der Waals surface area contributed by atoms with E-state index in [1.54, 1.807) is 0 Å². The number of carbonyl (C=O) groups excluding carboxylic acids is 1. The van der Waals surface area contributed by atoms with Crippen molar-refractivity contribution < 1.29 is 4.79 Å². The molecule has 1 aliphatic carbocycles. The molecular weight excluding hydrogens is 160 g/mol. The van der Waals surface area contributed by atoms with Crippen LogP contribution in [0.3, 0.4) is 0 Å². The van der Waals surface area contributed by atoms with E-state index in [4.69, 9.17) is 0 Å². The largest absolute Gasteiger partial charge is 0.294 e. The molecule has 0 heterocycles. The number of benzene rings is 1. The molecule has 1 nitrogen and oxygen atoms in total. The minimum absolute atomic E-state index is 0.318. The number of carbonyl (C=O) groups is 1. The molecule has 0 fully saturated rings. The molecular formula is C12H14O. The standard InChI is InChI=1S/C12H14O/c1-2-3-9-4-6-11-10(8-9)5-7-12(11)13/h4,6,8H,2-3,5,7H2,1H3. The van der Waals surface area contributed by atoms with Crippen molar-refractivity contribution in [2.24, 2.45) is 0 Å². The number of Topliss-reactive ketones (excluding diaryl/α,β-unsaturated/α-hetero) is 1. The van der Waals surface area contributed by atoms with Gasteiger partial charge in [-0.25, -0.2) is 0 Å². The summed E-state index contributed by atoms with van der Waals surface area (Å²) in [5.41, 5.74) is 3.59. The number of rotatable bonds is 2. The minimum atomic E-state index is 0.318. The Hall–Kier alpha value is -1.11. The first-order chi connectivity index (χ1) is 6.31. The molecule has 0 bridgehead atoms. The van der Waals surface area contributed by atoms with E-state index in [2.05, 4.69) is 19.1 Å². The van der Waals surface area contributed by atoms with Crippen LogP contribution in [0.4, 0.5) is 0 Å². The second-order valence-electron chi connectivity index (χ2n) is 3.66. The molecule has 1 aromatic carbocycles. The van der Waals surface area contributed by atoms with Crippen LogP contribution in [0.15, 0.2) is 18.2 Å². The molecule has 0 unspecified atom stereocenters. The Balaban J connectivity index is 2.34. The average Bonchev–Trinajstić information content (AvgIpc) is 2.48. The van der Waals surface area contributed by atoms with Gasteiger partial charge in [0.05, 0.1) is 0 Å². The first-order valence-electron chi connectivity index (χ1n) is 4.96. The van der Waals surface area contributed by atoms with Crippen LogP contribution < -0.4 is 0 Å². The summed E-state index contributed by atoms with van der Waals surface area (Å²) in [6.45, 7) is 2.18. The molecule has 0 saturated carbocycles. The Kier molecular flexibility index (Phi) is 2.17. The van der Waals surface area contributed by atoms with Crippen LogP contribution in [0.1, 0.15) is 41.3 Å². The van der Waals surface area contributed by atoms with Crippen LogP contribution in [0.5, 0.6) is 0 Å². The summed E-state index contributed by atoms with van der Waals surface area (Å²) >= 11 is 0. The van der Waals surface area contributed by atoms with Crippen molar-refractivity contribution in [2.75, 3.05) is 0 Å². The van der Waals surface area contributed by atoms with Crippen molar-refractivity contribution in [1.29, 1.82) is 0 Å².